The number of halogens is 1. The summed E-state index contributed by atoms with van der Waals surface area (Å²) in [5, 5.41) is 1.19. The molecule has 32 heavy (non-hydrogen) atoms. The fourth-order valence-corrected chi connectivity index (χ4v) is 5.44. The first-order chi connectivity index (χ1) is 15.2. The normalized spacial score (nSPS) is 15.2. The Bertz CT molecular complexity index is 1250. The molecule has 0 bridgehead atoms. The second kappa shape index (κ2) is 9.44. The van der Waals surface area contributed by atoms with E-state index in [0.29, 0.717) is 42.0 Å². The topological polar surface area (TPSA) is 79.8 Å². The molecule has 2 aromatic carbocycles. The van der Waals surface area contributed by atoms with Gasteiger partial charge < -0.3 is 4.74 Å². The molecule has 1 aliphatic heterocycles. The lowest BCUT2D eigenvalue weighted by molar-refractivity contribution is 0.0391. The minimum Gasteiger partial charge on any atom is -0.379 e. The number of benzene rings is 2. The Hall–Kier alpha value is -2.04. The van der Waals surface area contributed by atoms with Gasteiger partial charge in [0, 0.05) is 43.0 Å². The Morgan fingerprint density at radius 1 is 1.25 bits per heavy atom. The van der Waals surface area contributed by atoms with Crippen molar-refractivity contribution in [1.29, 1.82) is 0 Å². The van der Waals surface area contributed by atoms with Gasteiger partial charge in [-0.05, 0) is 42.8 Å². The van der Waals surface area contributed by atoms with Crippen LogP contribution in [0.1, 0.15) is 15.9 Å². The molecule has 2 heterocycles. The van der Waals surface area contributed by atoms with Crippen LogP contribution in [0.25, 0.3) is 10.2 Å². The average molecular weight is 494 g/mol. The molecule has 4 rings (SSSR count). The minimum absolute atomic E-state index is 0.114. The molecular weight excluding hydrogens is 470 g/mol. The Kier molecular flexibility index (Phi) is 6.83. The van der Waals surface area contributed by atoms with Crippen LogP contribution >= 0.6 is 22.9 Å². The van der Waals surface area contributed by atoms with E-state index in [1.54, 1.807) is 17.0 Å². The van der Waals surface area contributed by atoms with Gasteiger partial charge in [0.05, 0.1) is 28.3 Å². The van der Waals surface area contributed by atoms with Gasteiger partial charge in [-0.3, -0.25) is 14.6 Å². The van der Waals surface area contributed by atoms with Crippen LogP contribution in [-0.2, 0) is 14.6 Å². The van der Waals surface area contributed by atoms with Crippen LogP contribution in [0.15, 0.2) is 41.3 Å². The largest absolute Gasteiger partial charge is 0.379 e. The van der Waals surface area contributed by atoms with Crippen LogP contribution in [0.4, 0.5) is 5.13 Å². The Balaban J connectivity index is 1.70. The van der Waals surface area contributed by atoms with E-state index >= 15 is 0 Å². The molecule has 1 aromatic heterocycles. The molecule has 7 nitrogen and oxygen atoms in total. The summed E-state index contributed by atoms with van der Waals surface area (Å²) in [6.07, 6.45) is 1.13. The molecule has 10 heteroatoms. The van der Waals surface area contributed by atoms with E-state index in [0.717, 1.165) is 35.1 Å². The van der Waals surface area contributed by atoms with Gasteiger partial charge in [0.15, 0.2) is 15.0 Å². The molecule has 1 aliphatic rings. The standard InChI is InChI=1S/C22H24ClN3O4S2/c1-15-18(23)6-7-19-20(15)24-22(31-19)26(9-8-25-10-12-30-13-11-25)21(27)16-4-3-5-17(14-16)32(2,28)29/h3-7,14H,8-13H2,1-2H3. The smallest absolute Gasteiger partial charge is 0.260 e. The molecule has 1 saturated heterocycles. The first-order valence-electron chi connectivity index (χ1n) is 10.2. The summed E-state index contributed by atoms with van der Waals surface area (Å²) >= 11 is 7.69. The number of nitrogens with zero attached hydrogens (tertiary/aromatic N) is 3. The number of aryl methyl sites for hydroxylation is 1. The highest BCUT2D eigenvalue weighted by Gasteiger charge is 2.24. The number of hydrogen-bond donors (Lipinski definition) is 0. The van der Waals surface area contributed by atoms with Crippen molar-refractivity contribution in [3.8, 4) is 0 Å². The molecule has 3 aromatic rings. The number of ether oxygens (including phenoxy) is 1. The fourth-order valence-electron chi connectivity index (χ4n) is 3.57. The molecule has 0 radical (unpaired) electrons. The van der Waals surface area contributed by atoms with Gasteiger partial charge in [0.25, 0.3) is 5.91 Å². The minimum atomic E-state index is -3.43. The first kappa shape index (κ1) is 23.1. The van der Waals surface area contributed by atoms with Crippen molar-refractivity contribution >= 4 is 54.0 Å². The van der Waals surface area contributed by atoms with Crippen molar-refractivity contribution in [2.45, 2.75) is 11.8 Å². The molecule has 0 saturated carbocycles. The van der Waals surface area contributed by atoms with Crippen LogP contribution in [0, 0.1) is 6.92 Å². The predicted octanol–water partition coefficient (Wildman–Crippen LogP) is 3.64. The van der Waals surface area contributed by atoms with E-state index < -0.39 is 9.84 Å². The summed E-state index contributed by atoms with van der Waals surface area (Å²) in [6, 6.07) is 9.87. The van der Waals surface area contributed by atoms with Gasteiger partial charge in [-0.25, -0.2) is 13.4 Å². The number of amides is 1. The summed E-state index contributed by atoms with van der Waals surface area (Å²) < 4.78 is 30.4. The van der Waals surface area contributed by atoms with Gasteiger partial charge in [-0.2, -0.15) is 0 Å². The number of rotatable bonds is 6. The van der Waals surface area contributed by atoms with Crippen molar-refractivity contribution in [2.24, 2.45) is 0 Å². The highest BCUT2D eigenvalue weighted by molar-refractivity contribution is 7.90. The molecule has 0 atom stereocenters. The van der Waals surface area contributed by atoms with Crippen molar-refractivity contribution < 1.29 is 17.9 Å². The number of fused-ring (bicyclic) bond motifs is 1. The second-order valence-electron chi connectivity index (χ2n) is 7.73. The Morgan fingerprint density at radius 3 is 2.72 bits per heavy atom. The molecule has 1 amide bonds. The summed E-state index contributed by atoms with van der Waals surface area (Å²) in [5.41, 5.74) is 1.95. The molecular formula is C22H24ClN3O4S2. The van der Waals surface area contributed by atoms with Gasteiger partial charge in [-0.1, -0.05) is 29.0 Å². The van der Waals surface area contributed by atoms with Crippen LogP contribution in [0.3, 0.4) is 0 Å². The number of carbonyl (C=O) groups is 1. The number of thiazole rings is 1. The Morgan fingerprint density at radius 2 is 2.00 bits per heavy atom. The van der Waals surface area contributed by atoms with Crippen LogP contribution < -0.4 is 4.90 Å². The lowest BCUT2D eigenvalue weighted by Crippen LogP contribution is -2.43. The monoisotopic (exact) mass is 493 g/mol. The summed E-state index contributed by atoms with van der Waals surface area (Å²) in [6.45, 7) is 5.95. The van der Waals surface area contributed by atoms with Gasteiger partial charge in [0.1, 0.15) is 0 Å². The zero-order chi connectivity index (χ0) is 22.9. The molecule has 1 fully saturated rings. The third-order valence-corrected chi connectivity index (χ3v) is 8.03. The predicted molar refractivity (Wildman–Crippen MR) is 128 cm³/mol. The van der Waals surface area contributed by atoms with Crippen LogP contribution in [0.2, 0.25) is 5.02 Å². The van der Waals surface area contributed by atoms with Gasteiger partial charge in [0.2, 0.25) is 0 Å². The lowest BCUT2D eigenvalue weighted by Gasteiger charge is -2.29. The SMILES string of the molecule is Cc1c(Cl)ccc2sc(N(CCN3CCOCC3)C(=O)c3cccc(S(C)(=O)=O)c3)nc12. The van der Waals surface area contributed by atoms with Crippen molar-refractivity contribution in [3.63, 3.8) is 0 Å². The van der Waals surface area contributed by atoms with E-state index in [4.69, 9.17) is 21.3 Å². The number of carbonyl (C=O) groups excluding carboxylic acids is 1. The van der Waals surface area contributed by atoms with E-state index in [9.17, 15) is 13.2 Å². The zero-order valence-electron chi connectivity index (χ0n) is 17.9. The molecule has 0 spiro atoms. The highest BCUT2D eigenvalue weighted by Crippen LogP contribution is 2.34. The fraction of sp³-hybridized carbons (Fsp3) is 0.364. The van der Waals surface area contributed by atoms with Crippen molar-refractivity contribution in [3.05, 3.63) is 52.5 Å². The van der Waals surface area contributed by atoms with Gasteiger partial charge in [-0.15, -0.1) is 0 Å². The zero-order valence-corrected chi connectivity index (χ0v) is 20.3. The maximum Gasteiger partial charge on any atom is 0.260 e. The first-order valence-corrected chi connectivity index (χ1v) is 13.3. The maximum atomic E-state index is 13.6. The molecule has 0 N–H and O–H groups in total. The van der Waals surface area contributed by atoms with E-state index in [1.807, 2.05) is 19.1 Å². The number of sulfone groups is 1. The lowest BCUT2D eigenvalue weighted by atomic mass is 10.2. The van der Waals surface area contributed by atoms with Crippen LogP contribution in [-0.4, -0.2) is 69.9 Å². The number of morpholine rings is 1. The quantitative estimate of drug-likeness (QED) is 0.521. The molecule has 0 aliphatic carbocycles. The van der Waals surface area contributed by atoms with E-state index in [-0.39, 0.29) is 10.8 Å². The third-order valence-electron chi connectivity index (χ3n) is 5.47. The van der Waals surface area contributed by atoms with Crippen molar-refractivity contribution in [1.82, 2.24) is 9.88 Å². The highest BCUT2D eigenvalue weighted by atomic mass is 35.5. The second-order valence-corrected chi connectivity index (χ2v) is 11.2. The number of aromatic nitrogens is 1. The maximum absolute atomic E-state index is 13.6. The van der Waals surface area contributed by atoms with Gasteiger partial charge >= 0.3 is 0 Å². The average Bonchev–Trinajstić information content (AvgIpc) is 3.21. The summed E-state index contributed by atoms with van der Waals surface area (Å²) in [7, 11) is -3.43. The molecule has 0 unspecified atom stereocenters. The van der Waals surface area contributed by atoms with Crippen molar-refractivity contribution in [2.75, 3.05) is 50.5 Å². The van der Waals surface area contributed by atoms with E-state index in [2.05, 4.69) is 4.90 Å². The summed E-state index contributed by atoms with van der Waals surface area (Å²) in [4.78, 5) is 22.3. The summed E-state index contributed by atoms with van der Waals surface area (Å²) in [5.74, 6) is -0.286. The van der Waals surface area contributed by atoms with Crippen LogP contribution in [0.5, 0.6) is 0 Å². The Labute approximate surface area is 196 Å². The third kappa shape index (κ3) is 4.97. The number of anilines is 1. The molecule has 170 valence electrons. The number of hydrogen-bond acceptors (Lipinski definition) is 7. The van der Waals surface area contributed by atoms with E-state index in [1.165, 1.54) is 23.5 Å².